The first-order chi connectivity index (χ1) is 16.2. The molecule has 8 nitrogen and oxygen atoms in total. The van der Waals surface area contributed by atoms with Crippen molar-refractivity contribution in [3.05, 3.63) is 59.2 Å². The molecule has 0 heterocycles. The largest absolute Gasteiger partial charge is 0.483 e. The fourth-order valence-electron chi connectivity index (χ4n) is 3.13. The van der Waals surface area contributed by atoms with Gasteiger partial charge in [0.15, 0.2) is 6.61 Å². The number of carbonyl (C=O) groups excluding carboxylic acids is 3. The monoisotopic (exact) mass is 483 g/mol. The molecular weight excluding hydrogens is 446 g/mol. The third kappa shape index (κ3) is 10.1. The van der Waals surface area contributed by atoms with E-state index in [0.717, 1.165) is 16.7 Å². The third-order valence-corrected chi connectivity index (χ3v) is 4.82. The Morgan fingerprint density at radius 2 is 1.51 bits per heavy atom. The van der Waals surface area contributed by atoms with Gasteiger partial charge in [0.1, 0.15) is 17.9 Å². The Morgan fingerprint density at radius 1 is 0.857 bits per heavy atom. The highest BCUT2D eigenvalue weighted by atomic mass is 16.6. The highest BCUT2D eigenvalue weighted by Crippen LogP contribution is 2.32. The van der Waals surface area contributed by atoms with E-state index in [1.54, 1.807) is 45.0 Å². The van der Waals surface area contributed by atoms with Gasteiger partial charge < -0.3 is 25.4 Å². The van der Waals surface area contributed by atoms with Crippen LogP contribution >= 0.6 is 0 Å². The molecule has 0 aliphatic carbocycles. The topological polar surface area (TPSA) is 106 Å². The number of ether oxygens (including phenoxy) is 2. The van der Waals surface area contributed by atoms with Gasteiger partial charge in [0.05, 0.1) is 0 Å². The van der Waals surface area contributed by atoms with Crippen LogP contribution in [0.25, 0.3) is 0 Å². The summed E-state index contributed by atoms with van der Waals surface area (Å²) in [5.74, 6) is 0.107. The molecule has 0 aliphatic heterocycles. The lowest BCUT2D eigenvalue weighted by atomic mass is 9.85. The molecule has 0 fully saturated rings. The van der Waals surface area contributed by atoms with E-state index in [1.807, 2.05) is 19.1 Å². The van der Waals surface area contributed by atoms with E-state index in [4.69, 9.17) is 9.47 Å². The van der Waals surface area contributed by atoms with Gasteiger partial charge in [0.2, 0.25) is 5.91 Å². The van der Waals surface area contributed by atoms with Crippen molar-refractivity contribution in [1.82, 2.24) is 10.6 Å². The maximum absolute atomic E-state index is 12.3. The SMILES string of the molecule is Cc1ccc(OCC(=O)NCc2ccc(NC(=O)CNC(=O)OC(C)(C)C)cc2)c(C(C)(C)C)c1. The fourth-order valence-corrected chi connectivity index (χ4v) is 3.13. The number of hydrogen-bond acceptors (Lipinski definition) is 5. The minimum atomic E-state index is -0.653. The zero-order valence-corrected chi connectivity index (χ0v) is 21.7. The van der Waals surface area contributed by atoms with Crippen molar-refractivity contribution in [2.75, 3.05) is 18.5 Å². The molecule has 0 atom stereocenters. The maximum Gasteiger partial charge on any atom is 0.408 e. The van der Waals surface area contributed by atoms with Crippen LogP contribution in [0.1, 0.15) is 58.2 Å². The molecule has 190 valence electrons. The molecule has 0 bridgehead atoms. The van der Waals surface area contributed by atoms with Gasteiger partial charge in [0.25, 0.3) is 5.91 Å². The summed E-state index contributed by atoms with van der Waals surface area (Å²) in [6.07, 6.45) is -0.653. The average molecular weight is 484 g/mol. The number of aryl methyl sites for hydroxylation is 1. The molecule has 2 aromatic carbocycles. The van der Waals surface area contributed by atoms with E-state index in [2.05, 4.69) is 42.8 Å². The second-order valence-electron chi connectivity index (χ2n) is 10.4. The Labute approximate surface area is 207 Å². The summed E-state index contributed by atoms with van der Waals surface area (Å²) in [5, 5.41) is 7.94. The van der Waals surface area contributed by atoms with Crippen LogP contribution in [0.4, 0.5) is 10.5 Å². The van der Waals surface area contributed by atoms with Crippen LogP contribution in [0, 0.1) is 6.92 Å². The van der Waals surface area contributed by atoms with Gasteiger partial charge in [-0.05, 0) is 62.4 Å². The average Bonchev–Trinajstić information content (AvgIpc) is 2.74. The number of carbonyl (C=O) groups is 3. The quantitative estimate of drug-likeness (QED) is 0.514. The number of hydrogen-bond donors (Lipinski definition) is 3. The van der Waals surface area contributed by atoms with E-state index in [-0.39, 0.29) is 30.4 Å². The molecule has 0 saturated carbocycles. The van der Waals surface area contributed by atoms with Gasteiger partial charge >= 0.3 is 6.09 Å². The summed E-state index contributed by atoms with van der Waals surface area (Å²) < 4.78 is 10.9. The van der Waals surface area contributed by atoms with E-state index in [9.17, 15) is 14.4 Å². The Morgan fingerprint density at radius 3 is 2.11 bits per heavy atom. The molecule has 3 amide bonds. The standard InChI is InChI=1S/C27H37N3O5/c1-18-8-13-22(21(14-18)26(2,3)4)34-17-24(32)28-15-19-9-11-20(12-10-19)30-23(31)16-29-25(33)35-27(5,6)7/h8-14H,15-17H2,1-7H3,(H,28,32)(H,29,33)(H,30,31). The molecular formula is C27H37N3O5. The van der Waals surface area contributed by atoms with Crippen molar-refractivity contribution in [3.63, 3.8) is 0 Å². The summed E-state index contributed by atoms with van der Waals surface area (Å²) in [7, 11) is 0. The summed E-state index contributed by atoms with van der Waals surface area (Å²) >= 11 is 0. The first-order valence-electron chi connectivity index (χ1n) is 11.6. The van der Waals surface area contributed by atoms with Crippen molar-refractivity contribution < 1.29 is 23.9 Å². The third-order valence-electron chi connectivity index (χ3n) is 4.82. The van der Waals surface area contributed by atoms with Crippen LogP contribution in [0.2, 0.25) is 0 Å². The second kappa shape index (κ2) is 11.7. The van der Waals surface area contributed by atoms with E-state index < -0.39 is 11.7 Å². The number of amides is 3. The smallest absolute Gasteiger partial charge is 0.408 e. The molecule has 2 aromatic rings. The number of alkyl carbamates (subject to hydrolysis) is 1. The van der Waals surface area contributed by atoms with Crippen molar-refractivity contribution in [2.45, 2.75) is 66.0 Å². The van der Waals surface area contributed by atoms with Crippen molar-refractivity contribution in [3.8, 4) is 5.75 Å². The highest BCUT2D eigenvalue weighted by molar-refractivity contribution is 5.93. The van der Waals surface area contributed by atoms with Crippen LogP contribution in [0.5, 0.6) is 5.75 Å². The lowest BCUT2D eigenvalue weighted by Crippen LogP contribution is -2.37. The van der Waals surface area contributed by atoms with Gasteiger partial charge in [-0.3, -0.25) is 9.59 Å². The normalized spacial score (nSPS) is 11.4. The summed E-state index contributed by atoms with van der Waals surface area (Å²) in [6.45, 7) is 13.6. The molecule has 8 heteroatoms. The van der Waals surface area contributed by atoms with Crippen molar-refractivity contribution in [1.29, 1.82) is 0 Å². The first kappa shape index (κ1) is 27.7. The zero-order chi connectivity index (χ0) is 26.2. The molecule has 0 saturated heterocycles. The summed E-state index contributed by atoms with van der Waals surface area (Å²) in [4.78, 5) is 36.0. The van der Waals surface area contributed by atoms with Gasteiger partial charge in [-0.2, -0.15) is 0 Å². The zero-order valence-electron chi connectivity index (χ0n) is 21.7. The number of benzene rings is 2. The lowest BCUT2D eigenvalue weighted by molar-refractivity contribution is -0.123. The summed E-state index contributed by atoms with van der Waals surface area (Å²) in [6, 6.07) is 13.0. The number of nitrogens with one attached hydrogen (secondary N) is 3. The Balaban J connectivity index is 1.78. The Bertz CT molecular complexity index is 1030. The predicted octanol–water partition coefficient (Wildman–Crippen LogP) is 4.45. The predicted molar refractivity (Wildman–Crippen MR) is 137 cm³/mol. The fraction of sp³-hybridized carbons (Fsp3) is 0.444. The molecule has 0 spiro atoms. The minimum Gasteiger partial charge on any atom is -0.483 e. The molecule has 0 aromatic heterocycles. The van der Waals surface area contributed by atoms with Crippen molar-refractivity contribution in [2.24, 2.45) is 0 Å². The van der Waals surface area contributed by atoms with Crippen LogP contribution in [-0.4, -0.2) is 36.7 Å². The van der Waals surface area contributed by atoms with Crippen molar-refractivity contribution >= 4 is 23.6 Å². The Hall–Kier alpha value is -3.55. The highest BCUT2D eigenvalue weighted by Gasteiger charge is 2.20. The van der Waals surface area contributed by atoms with Gasteiger partial charge in [-0.1, -0.05) is 50.6 Å². The number of anilines is 1. The van der Waals surface area contributed by atoms with Crippen LogP contribution in [0.3, 0.4) is 0 Å². The van der Waals surface area contributed by atoms with Gasteiger partial charge in [-0.25, -0.2) is 4.79 Å². The van der Waals surface area contributed by atoms with Gasteiger partial charge in [0, 0.05) is 12.2 Å². The van der Waals surface area contributed by atoms with E-state index in [1.165, 1.54) is 0 Å². The molecule has 35 heavy (non-hydrogen) atoms. The van der Waals surface area contributed by atoms with E-state index >= 15 is 0 Å². The van der Waals surface area contributed by atoms with Gasteiger partial charge in [-0.15, -0.1) is 0 Å². The molecule has 0 aliphatic rings. The minimum absolute atomic E-state index is 0.0784. The molecule has 0 unspecified atom stereocenters. The lowest BCUT2D eigenvalue weighted by Gasteiger charge is -2.23. The molecule has 3 N–H and O–H groups in total. The molecule has 0 radical (unpaired) electrons. The van der Waals surface area contributed by atoms with Crippen LogP contribution in [0.15, 0.2) is 42.5 Å². The Kier molecular flexibility index (Phi) is 9.28. The van der Waals surface area contributed by atoms with Crippen LogP contribution < -0.4 is 20.7 Å². The first-order valence-corrected chi connectivity index (χ1v) is 11.6. The second-order valence-corrected chi connectivity index (χ2v) is 10.4. The maximum atomic E-state index is 12.3. The van der Waals surface area contributed by atoms with E-state index in [0.29, 0.717) is 18.0 Å². The molecule has 2 rings (SSSR count). The number of rotatable bonds is 8. The van der Waals surface area contributed by atoms with Crippen LogP contribution in [-0.2, 0) is 26.3 Å². The summed E-state index contributed by atoms with van der Waals surface area (Å²) in [5.41, 5.74) is 2.92.